The fourth-order valence-electron chi connectivity index (χ4n) is 1.63. The van der Waals surface area contributed by atoms with Gasteiger partial charge in [-0.15, -0.1) is 0 Å². The molecule has 4 heteroatoms. The number of ether oxygens (including phenoxy) is 1. The molecule has 21 heavy (non-hydrogen) atoms. The molecular formula is C17H22N2O2. The number of amides is 1. The highest BCUT2D eigenvalue weighted by molar-refractivity contribution is 6.01. The van der Waals surface area contributed by atoms with Gasteiger partial charge in [0, 0.05) is 6.04 Å². The molecule has 0 spiro atoms. The summed E-state index contributed by atoms with van der Waals surface area (Å²) in [6.07, 6.45) is 2.52. The van der Waals surface area contributed by atoms with Crippen LogP contribution in [0, 0.1) is 11.3 Å². The molecule has 0 radical (unpaired) electrons. The first kappa shape index (κ1) is 16.8. The summed E-state index contributed by atoms with van der Waals surface area (Å²) in [7, 11) is 0. The van der Waals surface area contributed by atoms with E-state index in [9.17, 15) is 4.79 Å². The Balaban J connectivity index is 2.83. The van der Waals surface area contributed by atoms with E-state index >= 15 is 0 Å². The molecule has 0 aromatic heterocycles. The van der Waals surface area contributed by atoms with Crippen molar-refractivity contribution in [3.05, 3.63) is 35.4 Å². The number of hydrogen-bond donors (Lipinski definition) is 1. The zero-order valence-electron chi connectivity index (χ0n) is 13.0. The summed E-state index contributed by atoms with van der Waals surface area (Å²) in [4.78, 5) is 11.9. The van der Waals surface area contributed by atoms with Crippen molar-refractivity contribution in [2.24, 2.45) is 0 Å². The second kappa shape index (κ2) is 8.11. The number of carbonyl (C=O) groups excluding carboxylic acids is 1. The fourth-order valence-corrected chi connectivity index (χ4v) is 1.63. The van der Waals surface area contributed by atoms with Gasteiger partial charge >= 0.3 is 0 Å². The van der Waals surface area contributed by atoms with Gasteiger partial charge in [0.05, 0.1) is 6.10 Å². The summed E-state index contributed by atoms with van der Waals surface area (Å²) >= 11 is 0. The van der Waals surface area contributed by atoms with Gasteiger partial charge in [-0.25, -0.2) is 0 Å². The Bertz CT molecular complexity index is 539. The predicted octanol–water partition coefficient (Wildman–Crippen LogP) is 3.30. The molecule has 1 aromatic carbocycles. The highest BCUT2D eigenvalue weighted by Gasteiger charge is 2.11. The highest BCUT2D eigenvalue weighted by atomic mass is 16.5. The minimum Gasteiger partial charge on any atom is -0.491 e. The molecule has 0 aliphatic carbocycles. The minimum absolute atomic E-state index is 0.0519. The number of nitriles is 1. The van der Waals surface area contributed by atoms with Gasteiger partial charge in [0.1, 0.15) is 17.4 Å². The van der Waals surface area contributed by atoms with Crippen LogP contribution in [-0.2, 0) is 4.79 Å². The molecule has 0 fully saturated rings. The Labute approximate surface area is 126 Å². The van der Waals surface area contributed by atoms with Crippen LogP contribution in [0.25, 0.3) is 6.08 Å². The van der Waals surface area contributed by atoms with E-state index in [2.05, 4.69) is 5.32 Å². The van der Waals surface area contributed by atoms with E-state index in [1.807, 2.05) is 58.0 Å². The molecule has 0 heterocycles. The van der Waals surface area contributed by atoms with E-state index in [4.69, 9.17) is 10.00 Å². The van der Waals surface area contributed by atoms with Crippen LogP contribution < -0.4 is 10.1 Å². The van der Waals surface area contributed by atoms with Crippen LogP contribution in [0.1, 0.15) is 39.7 Å². The first-order chi connectivity index (χ1) is 9.96. The van der Waals surface area contributed by atoms with Crippen molar-refractivity contribution in [2.45, 2.75) is 46.3 Å². The molecule has 1 amide bonds. The zero-order chi connectivity index (χ0) is 15.8. The molecule has 112 valence electrons. The quantitative estimate of drug-likeness (QED) is 0.644. The Morgan fingerprint density at radius 3 is 2.43 bits per heavy atom. The van der Waals surface area contributed by atoms with Crippen molar-refractivity contribution in [3.63, 3.8) is 0 Å². The van der Waals surface area contributed by atoms with Gasteiger partial charge in [0.2, 0.25) is 0 Å². The van der Waals surface area contributed by atoms with E-state index in [1.165, 1.54) is 0 Å². The number of hydrogen-bond acceptors (Lipinski definition) is 3. The van der Waals surface area contributed by atoms with Gasteiger partial charge < -0.3 is 10.1 Å². The monoisotopic (exact) mass is 286 g/mol. The van der Waals surface area contributed by atoms with Gasteiger partial charge in [-0.1, -0.05) is 19.1 Å². The lowest BCUT2D eigenvalue weighted by molar-refractivity contribution is -0.117. The van der Waals surface area contributed by atoms with Crippen LogP contribution >= 0.6 is 0 Å². The standard InChI is InChI=1S/C17H22N2O2/c1-5-13(4)19-17(20)15(11-18)10-14-6-8-16(9-7-14)21-12(2)3/h6-10,12-13H,5H2,1-4H3,(H,19,20)/b15-10+/t13-/m1/s1. The number of nitrogens with zero attached hydrogens (tertiary/aromatic N) is 1. The van der Waals surface area contributed by atoms with Gasteiger partial charge in [0.15, 0.2) is 0 Å². The maximum atomic E-state index is 11.9. The average Bonchev–Trinajstić information content (AvgIpc) is 2.45. The molecule has 1 rings (SSSR count). The van der Waals surface area contributed by atoms with E-state index in [0.29, 0.717) is 0 Å². The summed E-state index contributed by atoms with van der Waals surface area (Å²) < 4.78 is 5.55. The molecule has 4 nitrogen and oxygen atoms in total. The number of carbonyl (C=O) groups is 1. The topological polar surface area (TPSA) is 62.1 Å². The summed E-state index contributed by atoms with van der Waals surface area (Å²) in [5.41, 5.74) is 0.898. The third kappa shape index (κ3) is 5.70. The smallest absolute Gasteiger partial charge is 0.262 e. The summed E-state index contributed by atoms with van der Waals surface area (Å²) in [6.45, 7) is 7.81. The molecule has 1 aromatic rings. The van der Waals surface area contributed by atoms with Crippen molar-refractivity contribution in [2.75, 3.05) is 0 Å². The van der Waals surface area contributed by atoms with Crippen molar-refractivity contribution in [1.82, 2.24) is 5.32 Å². The number of benzene rings is 1. The third-order valence-electron chi connectivity index (χ3n) is 2.92. The lowest BCUT2D eigenvalue weighted by Crippen LogP contribution is -2.32. The van der Waals surface area contributed by atoms with Gasteiger partial charge in [0.25, 0.3) is 5.91 Å². The van der Waals surface area contributed by atoms with E-state index in [1.54, 1.807) is 6.08 Å². The Hall–Kier alpha value is -2.28. The van der Waals surface area contributed by atoms with Crippen molar-refractivity contribution in [3.8, 4) is 11.8 Å². The average molecular weight is 286 g/mol. The van der Waals surface area contributed by atoms with Crippen LogP contribution in [0.4, 0.5) is 0 Å². The van der Waals surface area contributed by atoms with Crippen LogP contribution in [0.3, 0.4) is 0 Å². The molecule has 0 aliphatic rings. The van der Waals surface area contributed by atoms with Gasteiger partial charge in [-0.2, -0.15) is 5.26 Å². The molecule has 1 atom stereocenters. The maximum absolute atomic E-state index is 11.9. The van der Waals surface area contributed by atoms with Crippen molar-refractivity contribution in [1.29, 1.82) is 5.26 Å². The normalized spacial score (nSPS) is 12.7. The van der Waals surface area contributed by atoms with Crippen LogP contribution in [0.5, 0.6) is 5.75 Å². The first-order valence-corrected chi connectivity index (χ1v) is 7.15. The maximum Gasteiger partial charge on any atom is 0.262 e. The Morgan fingerprint density at radius 1 is 1.33 bits per heavy atom. The second-order valence-electron chi connectivity index (χ2n) is 5.19. The van der Waals surface area contributed by atoms with E-state index in [0.717, 1.165) is 17.7 Å². The number of nitrogens with one attached hydrogen (secondary N) is 1. The first-order valence-electron chi connectivity index (χ1n) is 7.15. The lowest BCUT2D eigenvalue weighted by Gasteiger charge is -2.11. The van der Waals surface area contributed by atoms with Crippen LogP contribution in [0.15, 0.2) is 29.8 Å². The lowest BCUT2D eigenvalue weighted by atomic mass is 10.1. The van der Waals surface area contributed by atoms with Gasteiger partial charge in [-0.3, -0.25) is 4.79 Å². The zero-order valence-corrected chi connectivity index (χ0v) is 13.0. The molecule has 0 aliphatic heterocycles. The summed E-state index contributed by atoms with van der Waals surface area (Å²) in [5, 5.41) is 11.9. The minimum atomic E-state index is -0.339. The molecule has 0 unspecified atom stereocenters. The van der Waals surface area contributed by atoms with Crippen LogP contribution in [-0.4, -0.2) is 18.1 Å². The SMILES string of the molecule is CC[C@@H](C)NC(=O)/C(C#N)=C/c1ccc(OC(C)C)cc1. The Kier molecular flexibility index (Phi) is 6.48. The number of rotatable bonds is 6. The van der Waals surface area contributed by atoms with Gasteiger partial charge in [-0.05, 0) is 51.0 Å². The largest absolute Gasteiger partial charge is 0.491 e. The van der Waals surface area contributed by atoms with E-state index < -0.39 is 0 Å². The second-order valence-corrected chi connectivity index (χ2v) is 5.19. The summed E-state index contributed by atoms with van der Waals surface area (Å²) in [5.74, 6) is 0.430. The van der Waals surface area contributed by atoms with Crippen LogP contribution in [0.2, 0.25) is 0 Å². The van der Waals surface area contributed by atoms with E-state index in [-0.39, 0.29) is 23.6 Å². The Morgan fingerprint density at radius 2 is 1.95 bits per heavy atom. The summed E-state index contributed by atoms with van der Waals surface area (Å²) in [6, 6.07) is 9.30. The third-order valence-corrected chi connectivity index (χ3v) is 2.92. The predicted molar refractivity (Wildman–Crippen MR) is 83.7 cm³/mol. The molecular weight excluding hydrogens is 264 g/mol. The highest BCUT2D eigenvalue weighted by Crippen LogP contribution is 2.16. The molecule has 0 saturated carbocycles. The fraction of sp³-hybridized carbons (Fsp3) is 0.412. The van der Waals surface area contributed by atoms with Crippen molar-refractivity contribution >= 4 is 12.0 Å². The molecule has 0 bridgehead atoms. The molecule has 1 N–H and O–H groups in total. The van der Waals surface area contributed by atoms with Crippen molar-refractivity contribution < 1.29 is 9.53 Å². The molecule has 0 saturated heterocycles.